The molecule has 2 aliphatic carbocycles. The lowest BCUT2D eigenvalue weighted by Crippen LogP contribution is -2.54. The van der Waals surface area contributed by atoms with Crippen molar-refractivity contribution < 1.29 is 14.3 Å². The van der Waals surface area contributed by atoms with Gasteiger partial charge in [0.05, 0.1) is 6.54 Å². The molecule has 2 N–H and O–H groups in total. The molecule has 0 unspecified atom stereocenters. The van der Waals surface area contributed by atoms with Gasteiger partial charge >= 0.3 is 5.97 Å². The molecule has 0 aliphatic heterocycles. The molecular formula is C17H22ClFN2O2. The number of benzene rings is 1. The van der Waals surface area contributed by atoms with Crippen molar-refractivity contribution in [2.75, 3.05) is 13.1 Å². The van der Waals surface area contributed by atoms with Crippen LogP contribution >= 0.6 is 11.6 Å². The van der Waals surface area contributed by atoms with Crippen LogP contribution in [0, 0.1) is 11.7 Å². The minimum Gasteiger partial charge on any atom is -0.480 e. The summed E-state index contributed by atoms with van der Waals surface area (Å²) >= 11 is 6.02. The molecule has 0 aromatic heterocycles. The second kappa shape index (κ2) is 7.16. The average Bonchev–Trinajstić information content (AvgIpc) is 3.22. The molecule has 4 nitrogen and oxygen atoms in total. The number of aliphatic carboxylic acids is 1. The second-order valence-electron chi connectivity index (χ2n) is 6.71. The van der Waals surface area contributed by atoms with Gasteiger partial charge in [0, 0.05) is 30.2 Å². The van der Waals surface area contributed by atoms with Gasteiger partial charge in [0.25, 0.3) is 0 Å². The summed E-state index contributed by atoms with van der Waals surface area (Å²) in [5.41, 5.74) is 0.886. The maximum absolute atomic E-state index is 13.0. The van der Waals surface area contributed by atoms with Crippen LogP contribution in [0.4, 0.5) is 4.39 Å². The molecular weight excluding hydrogens is 319 g/mol. The topological polar surface area (TPSA) is 52.6 Å². The first-order chi connectivity index (χ1) is 11.0. The third kappa shape index (κ3) is 4.66. The van der Waals surface area contributed by atoms with E-state index in [1.807, 2.05) is 0 Å². The molecule has 0 spiro atoms. The van der Waals surface area contributed by atoms with Crippen LogP contribution in [-0.2, 0) is 11.3 Å². The van der Waals surface area contributed by atoms with Crippen molar-refractivity contribution in [1.82, 2.24) is 10.2 Å². The fourth-order valence-electron chi connectivity index (χ4n) is 3.12. The molecule has 0 heterocycles. The van der Waals surface area contributed by atoms with E-state index >= 15 is 0 Å². The van der Waals surface area contributed by atoms with Crippen molar-refractivity contribution in [3.8, 4) is 0 Å². The highest BCUT2D eigenvalue weighted by Gasteiger charge is 2.36. The Hall–Kier alpha value is -1.17. The number of halogens is 2. The molecule has 1 aromatic rings. The van der Waals surface area contributed by atoms with Gasteiger partial charge in [-0.3, -0.25) is 9.69 Å². The Morgan fingerprint density at radius 3 is 2.74 bits per heavy atom. The minimum atomic E-state index is -0.750. The molecule has 2 fully saturated rings. The van der Waals surface area contributed by atoms with Crippen LogP contribution in [0.2, 0.25) is 5.02 Å². The fraction of sp³-hybridized carbons (Fsp3) is 0.588. The number of hydrogen-bond acceptors (Lipinski definition) is 3. The summed E-state index contributed by atoms with van der Waals surface area (Å²) in [6, 6.07) is 5.16. The molecule has 0 radical (unpaired) electrons. The number of carbonyl (C=O) groups is 1. The zero-order valence-electron chi connectivity index (χ0n) is 13.0. The van der Waals surface area contributed by atoms with E-state index in [9.17, 15) is 9.18 Å². The van der Waals surface area contributed by atoms with Crippen LogP contribution in [0.1, 0.15) is 31.2 Å². The molecule has 2 saturated carbocycles. The van der Waals surface area contributed by atoms with E-state index < -0.39 is 5.97 Å². The van der Waals surface area contributed by atoms with Gasteiger partial charge in [-0.15, -0.1) is 0 Å². The van der Waals surface area contributed by atoms with E-state index in [1.54, 1.807) is 6.07 Å². The minimum absolute atomic E-state index is 0.137. The third-order valence-electron chi connectivity index (χ3n) is 4.75. The summed E-state index contributed by atoms with van der Waals surface area (Å²) < 4.78 is 13.0. The van der Waals surface area contributed by atoms with Crippen LogP contribution in [-0.4, -0.2) is 41.1 Å². The quantitative estimate of drug-likeness (QED) is 0.764. The van der Waals surface area contributed by atoms with Crippen LogP contribution in [0.5, 0.6) is 0 Å². The smallest absolute Gasteiger partial charge is 0.317 e. The van der Waals surface area contributed by atoms with Gasteiger partial charge in [0.1, 0.15) is 5.82 Å². The van der Waals surface area contributed by atoms with Gasteiger partial charge in [0.2, 0.25) is 0 Å². The van der Waals surface area contributed by atoms with Crippen molar-refractivity contribution in [2.45, 2.75) is 44.3 Å². The summed E-state index contributed by atoms with van der Waals surface area (Å²) in [4.78, 5) is 13.1. The summed E-state index contributed by atoms with van der Waals surface area (Å²) in [5, 5.41) is 12.9. The Balaban J connectivity index is 1.44. The van der Waals surface area contributed by atoms with Crippen LogP contribution in [0.3, 0.4) is 0 Å². The molecule has 126 valence electrons. The fourth-order valence-corrected chi connectivity index (χ4v) is 3.35. The van der Waals surface area contributed by atoms with Gasteiger partial charge < -0.3 is 10.4 Å². The Labute approximate surface area is 140 Å². The van der Waals surface area contributed by atoms with E-state index in [4.69, 9.17) is 16.7 Å². The highest BCUT2D eigenvalue weighted by molar-refractivity contribution is 6.31. The molecule has 0 bridgehead atoms. The largest absolute Gasteiger partial charge is 0.480 e. The second-order valence-corrected chi connectivity index (χ2v) is 7.11. The lowest BCUT2D eigenvalue weighted by molar-refractivity contribution is -0.139. The van der Waals surface area contributed by atoms with Crippen molar-refractivity contribution in [1.29, 1.82) is 0 Å². The number of nitrogens with zero attached hydrogens (tertiary/aromatic N) is 1. The number of carboxylic acids is 1. The van der Waals surface area contributed by atoms with Gasteiger partial charge in [-0.2, -0.15) is 0 Å². The van der Waals surface area contributed by atoms with E-state index in [2.05, 4.69) is 10.2 Å². The molecule has 1 aromatic carbocycles. The summed E-state index contributed by atoms with van der Waals surface area (Å²) in [5.74, 6) is -0.383. The predicted molar refractivity (Wildman–Crippen MR) is 87.0 cm³/mol. The first-order valence-electron chi connectivity index (χ1n) is 8.14. The van der Waals surface area contributed by atoms with Crippen LogP contribution in [0.25, 0.3) is 0 Å². The first-order valence-corrected chi connectivity index (χ1v) is 8.52. The van der Waals surface area contributed by atoms with Crippen molar-refractivity contribution in [2.24, 2.45) is 5.92 Å². The van der Waals surface area contributed by atoms with Gasteiger partial charge in [-0.1, -0.05) is 17.7 Å². The van der Waals surface area contributed by atoms with Crippen LogP contribution in [0.15, 0.2) is 18.2 Å². The van der Waals surface area contributed by atoms with Crippen molar-refractivity contribution >= 4 is 17.6 Å². The third-order valence-corrected chi connectivity index (χ3v) is 5.11. The van der Waals surface area contributed by atoms with E-state index in [1.165, 1.54) is 25.0 Å². The highest BCUT2D eigenvalue weighted by Crippen LogP contribution is 2.34. The predicted octanol–water partition coefficient (Wildman–Crippen LogP) is 2.90. The molecule has 3 rings (SSSR count). The van der Waals surface area contributed by atoms with E-state index in [-0.39, 0.29) is 12.4 Å². The number of rotatable bonds is 8. The number of carboxylic acid groups (broad SMARTS) is 1. The normalized spacial score (nSPS) is 23.8. The Bertz CT molecular complexity index is 574. The molecule has 23 heavy (non-hydrogen) atoms. The SMILES string of the molecule is O=C(O)CN(CC1CC1)C1CC(NCc2ccc(F)cc2Cl)C1. The molecule has 6 heteroatoms. The lowest BCUT2D eigenvalue weighted by Gasteiger charge is -2.43. The zero-order chi connectivity index (χ0) is 16.4. The summed E-state index contributed by atoms with van der Waals surface area (Å²) in [7, 11) is 0. The molecule has 2 aliphatic rings. The summed E-state index contributed by atoms with van der Waals surface area (Å²) in [6.07, 6.45) is 4.37. The Kier molecular flexibility index (Phi) is 5.19. The van der Waals surface area contributed by atoms with Gasteiger partial charge in [-0.05, 0) is 49.3 Å². The highest BCUT2D eigenvalue weighted by atomic mass is 35.5. The Morgan fingerprint density at radius 1 is 1.39 bits per heavy atom. The number of hydrogen-bond donors (Lipinski definition) is 2. The molecule has 0 amide bonds. The van der Waals surface area contributed by atoms with Crippen LogP contribution < -0.4 is 5.32 Å². The monoisotopic (exact) mass is 340 g/mol. The van der Waals surface area contributed by atoms with E-state index in [0.29, 0.717) is 29.6 Å². The number of nitrogens with one attached hydrogen (secondary N) is 1. The standard InChI is InChI=1S/C17H22ClFN2O2/c18-16-5-13(19)4-3-12(16)8-20-14-6-15(7-14)21(10-17(22)23)9-11-1-2-11/h3-5,11,14-15,20H,1-2,6-10H2,(H,22,23). The van der Waals surface area contributed by atoms with Gasteiger partial charge in [0.15, 0.2) is 0 Å². The van der Waals surface area contributed by atoms with Crippen molar-refractivity contribution in [3.05, 3.63) is 34.6 Å². The molecule has 0 saturated heterocycles. The average molecular weight is 341 g/mol. The van der Waals surface area contributed by atoms with Crippen molar-refractivity contribution in [3.63, 3.8) is 0 Å². The van der Waals surface area contributed by atoms with Gasteiger partial charge in [-0.25, -0.2) is 4.39 Å². The van der Waals surface area contributed by atoms with E-state index in [0.717, 1.165) is 24.9 Å². The summed E-state index contributed by atoms with van der Waals surface area (Å²) in [6.45, 7) is 1.66. The maximum Gasteiger partial charge on any atom is 0.317 e. The maximum atomic E-state index is 13.0. The first kappa shape index (κ1) is 16.7. The lowest BCUT2D eigenvalue weighted by atomic mass is 9.85. The molecule has 0 atom stereocenters. The zero-order valence-corrected chi connectivity index (χ0v) is 13.7. The Morgan fingerprint density at radius 2 is 2.13 bits per heavy atom.